The Morgan fingerprint density at radius 3 is 2.46 bits per heavy atom. The summed E-state index contributed by atoms with van der Waals surface area (Å²) in [6, 6.07) is 0. The van der Waals surface area contributed by atoms with Crippen LogP contribution in [0.25, 0.3) is 0 Å². The second-order valence-electron chi connectivity index (χ2n) is 2.99. The Bertz CT molecular complexity index is 141. The SMILES string of the molecule is CCCCCCCN(N)C(=O)ON. The first kappa shape index (κ1) is 12.2. The summed E-state index contributed by atoms with van der Waals surface area (Å²) in [6.07, 6.45) is 4.91. The van der Waals surface area contributed by atoms with Gasteiger partial charge in [-0.2, -0.15) is 5.90 Å². The predicted molar refractivity (Wildman–Crippen MR) is 50.3 cm³/mol. The minimum atomic E-state index is -0.685. The van der Waals surface area contributed by atoms with E-state index in [1.807, 2.05) is 0 Å². The first-order valence-electron chi connectivity index (χ1n) is 4.65. The molecule has 5 heteroatoms. The van der Waals surface area contributed by atoms with E-state index < -0.39 is 6.09 Å². The highest BCUT2D eigenvalue weighted by Gasteiger charge is 2.07. The Kier molecular flexibility index (Phi) is 7.33. The van der Waals surface area contributed by atoms with Crippen molar-refractivity contribution in [2.45, 2.75) is 39.0 Å². The number of rotatable bonds is 6. The van der Waals surface area contributed by atoms with Crippen LogP contribution in [0.15, 0.2) is 0 Å². The zero-order chi connectivity index (χ0) is 10.1. The molecule has 0 aliphatic heterocycles. The van der Waals surface area contributed by atoms with E-state index in [0.717, 1.165) is 17.9 Å². The molecule has 0 radical (unpaired) electrons. The molecule has 0 atom stereocenters. The lowest BCUT2D eigenvalue weighted by atomic mass is 10.1. The number of hydrazine groups is 1. The van der Waals surface area contributed by atoms with Crippen LogP contribution in [-0.4, -0.2) is 17.6 Å². The van der Waals surface area contributed by atoms with Crippen LogP contribution in [0, 0.1) is 0 Å². The van der Waals surface area contributed by atoms with E-state index in [4.69, 9.17) is 5.84 Å². The molecule has 0 aliphatic carbocycles. The molecule has 0 aromatic rings. The van der Waals surface area contributed by atoms with Crippen molar-refractivity contribution >= 4 is 6.09 Å². The van der Waals surface area contributed by atoms with Crippen molar-refractivity contribution in [3.63, 3.8) is 0 Å². The van der Waals surface area contributed by atoms with Gasteiger partial charge >= 0.3 is 6.09 Å². The number of nitrogens with zero attached hydrogens (tertiary/aromatic N) is 1. The van der Waals surface area contributed by atoms with E-state index >= 15 is 0 Å². The molecule has 0 saturated carbocycles. The zero-order valence-corrected chi connectivity index (χ0v) is 8.16. The van der Waals surface area contributed by atoms with Gasteiger partial charge in [0.15, 0.2) is 0 Å². The third-order valence-electron chi connectivity index (χ3n) is 1.84. The van der Waals surface area contributed by atoms with Crippen LogP contribution in [0.2, 0.25) is 0 Å². The summed E-state index contributed by atoms with van der Waals surface area (Å²) >= 11 is 0. The molecule has 0 bridgehead atoms. The number of amides is 1. The summed E-state index contributed by atoms with van der Waals surface area (Å²) in [7, 11) is 0. The van der Waals surface area contributed by atoms with Crippen LogP contribution >= 0.6 is 0 Å². The molecule has 4 N–H and O–H groups in total. The molecule has 78 valence electrons. The van der Waals surface area contributed by atoms with Gasteiger partial charge < -0.3 is 4.84 Å². The van der Waals surface area contributed by atoms with Crippen LogP contribution in [0.1, 0.15) is 39.0 Å². The maximum Gasteiger partial charge on any atom is 0.442 e. The first-order chi connectivity index (χ1) is 6.22. The largest absolute Gasteiger partial charge is 0.442 e. The van der Waals surface area contributed by atoms with E-state index in [2.05, 4.69) is 17.7 Å². The third-order valence-corrected chi connectivity index (χ3v) is 1.84. The summed E-state index contributed by atoms with van der Waals surface area (Å²) in [5.74, 6) is 9.97. The monoisotopic (exact) mass is 189 g/mol. The Balaban J connectivity index is 3.26. The van der Waals surface area contributed by atoms with Gasteiger partial charge in [-0.1, -0.05) is 32.6 Å². The van der Waals surface area contributed by atoms with Crippen molar-refractivity contribution in [3.05, 3.63) is 0 Å². The van der Waals surface area contributed by atoms with Gasteiger partial charge in [-0.25, -0.2) is 15.6 Å². The summed E-state index contributed by atoms with van der Waals surface area (Å²) in [5.41, 5.74) is 0. The molecule has 0 rings (SSSR count). The summed E-state index contributed by atoms with van der Waals surface area (Å²) in [6.45, 7) is 2.65. The van der Waals surface area contributed by atoms with Gasteiger partial charge in [-0.15, -0.1) is 0 Å². The average molecular weight is 189 g/mol. The van der Waals surface area contributed by atoms with Gasteiger partial charge in [0, 0.05) is 6.54 Å². The topological polar surface area (TPSA) is 81.6 Å². The molecule has 1 amide bonds. The zero-order valence-electron chi connectivity index (χ0n) is 8.16. The van der Waals surface area contributed by atoms with Crippen molar-refractivity contribution in [2.75, 3.05) is 6.54 Å². The molecule has 0 saturated heterocycles. The smallest absolute Gasteiger partial charge is 0.356 e. The highest BCUT2D eigenvalue weighted by atomic mass is 16.7. The summed E-state index contributed by atoms with van der Waals surface area (Å²) in [4.78, 5) is 14.6. The fourth-order valence-corrected chi connectivity index (χ4v) is 1.04. The fourth-order valence-electron chi connectivity index (χ4n) is 1.04. The van der Waals surface area contributed by atoms with Crippen molar-refractivity contribution in [3.8, 4) is 0 Å². The Morgan fingerprint density at radius 2 is 1.92 bits per heavy atom. The molecular formula is C8H19N3O2. The third kappa shape index (κ3) is 6.36. The van der Waals surface area contributed by atoms with Gasteiger partial charge in [-0.05, 0) is 6.42 Å². The van der Waals surface area contributed by atoms with E-state index in [-0.39, 0.29) is 0 Å². The lowest BCUT2D eigenvalue weighted by Gasteiger charge is -2.13. The molecule has 0 aromatic carbocycles. The van der Waals surface area contributed by atoms with E-state index in [9.17, 15) is 4.79 Å². The molecule has 13 heavy (non-hydrogen) atoms. The Labute approximate surface area is 78.9 Å². The molecule has 5 nitrogen and oxygen atoms in total. The van der Waals surface area contributed by atoms with Gasteiger partial charge in [-0.3, -0.25) is 0 Å². The van der Waals surface area contributed by atoms with Gasteiger partial charge in [0.2, 0.25) is 0 Å². The molecular weight excluding hydrogens is 170 g/mol. The predicted octanol–water partition coefficient (Wildman–Crippen LogP) is 1.14. The van der Waals surface area contributed by atoms with E-state index in [1.54, 1.807) is 0 Å². The Morgan fingerprint density at radius 1 is 1.31 bits per heavy atom. The van der Waals surface area contributed by atoms with Crippen LogP contribution in [-0.2, 0) is 4.84 Å². The van der Waals surface area contributed by atoms with Crippen molar-refractivity contribution in [2.24, 2.45) is 11.7 Å². The normalized spacial score (nSPS) is 9.77. The van der Waals surface area contributed by atoms with Crippen molar-refractivity contribution in [1.29, 1.82) is 0 Å². The number of hydrogen-bond acceptors (Lipinski definition) is 4. The van der Waals surface area contributed by atoms with E-state index in [0.29, 0.717) is 6.54 Å². The molecule has 0 aromatic heterocycles. The lowest BCUT2D eigenvalue weighted by Crippen LogP contribution is -2.39. The number of unbranched alkanes of at least 4 members (excludes halogenated alkanes) is 4. The second kappa shape index (κ2) is 7.82. The standard InChI is InChI=1S/C8H19N3O2/c1-2-3-4-5-6-7-11(9)8(12)13-10/h2-7,9-10H2,1H3. The van der Waals surface area contributed by atoms with Gasteiger partial charge in [0.1, 0.15) is 0 Å². The van der Waals surface area contributed by atoms with Crippen molar-refractivity contribution in [1.82, 2.24) is 5.01 Å². The maximum atomic E-state index is 10.7. The quantitative estimate of drug-likeness (QED) is 0.284. The van der Waals surface area contributed by atoms with Crippen LogP contribution in [0.5, 0.6) is 0 Å². The number of carbonyl (C=O) groups is 1. The molecule has 0 fully saturated rings. The molecule has 0 aliphatic rings. The van der Waals surface area contributed by atoms with Crippen LogP contribution in [0.4, 0.5) is 4.79 Å². The summed E-state index contributed by atoms with van der Waals surface area (Å²) in [5, 5.41) is 0.992. The highest BCUT2D eigenvalue weighted by molar-refractivity contribution is 5.66. The fraction of sp³-hybridized carbons (Fsp3) is 0.875. The average Bonchev–Trinajstić information content (AvgIpc) is 2.16. The lowest BCUT2D eigenvalue weighted by molar-refractivity contribution is 0.102. The van der Waals surface area contributed by atoms with E-state index in [1.165, 1.54) is 19.3 Å². The maximum absolute atomic E-state index is 10.7. The van der Waals surface area contributed by atoms with Crippen LogP contribution in [0.3, 0.4) is 0 Å². The summed E-state index contributed by atoms with van der Waals surface area (Å²) < 4.78 is 0. The Hall–Kier alpha value is -0.810. The van der Waals surface area contributed by atoms with Crippen LogP contribution < -0.4 is 11.7 Å². The van der Waals surface area contributed by atoms with Gasteiger partial charge in [0.05, 0.1) is 0 Å². The first-order valence-corrected chi connectivity index (χ1v) is 4.65. The number of nitrogens with two attached hydrogens (primary N) is 2. The molecule has 0 heterocycles. The minimum Gasteiger partial charge on any atom is -0.356 e. The molecule has 0 unspecified atom stereocenters. The van der Waals surface area contributed by atoms with Crippen molar-refractivity contribution < 1.29 is 9.63 Å². The highest BCUT2D eigenvalue weighted by Crippen LogP contribution is 2.02. The second-order valence-corrected chi connectivity index (χ2v) is 2.99. The van der Waals surface area contributed by atoms with Gasteiger partial charge in [0.25, 0.3) is 0 Å². The number of carbonyl (C=O) groups excluding carboxylic acids is 1. The minimum absolute atomic E-state index is 0.500. The number of hydrogen-bond donors (Lipinski definition) is 2. The molecule has 0 spiro atoms.